The maximum atomic E-state index is 11.0. The average molecular weight is 216 g/mol. The van der Waals surface area contributed by atoms with Crippen molar-refractivity contribution in [2.75, 3.05) is 14.2 Å². The molecule has 1 heterocycles. The second-order valence-electron chi connectivity index (χ2n) is 2.44. The Labute approximate surface area is 83.8 Å². The van der Waals surface area contributed by atoms with Crippen molar-refractivity contribution in [2.45, 2.75) is 0 Å². The zero-order chi connectivity index (χ0) is 11.6. The quantitative estimate of drug-likeness (QED) is 0.683. The smallest absolute Gasteiger partial charge is 0.378 e. The molecule has 1 aromatic rings. The zero-order valence-corrected chi connectivity index (χ0v) is 7.94. The van der Waals surface area contributed by atoms with Crippen LogP contribution in [-0.4, -0.2) is 36.4 Å². The minimum absolute atomic E-state index is 0.657. The van der Waals surface area contributed by atoms with Crippen molar-refractivity contribution in [3.63, 3.8) is 0 Å². The van der Waals surface area contributed by atoms with E-state index in [0.29, 0.717) is 0 Å². The molecule has 1 aromatic heterocycles. The Balaban J connectivity index is 3.24. The van der Waals surface area contributed by atoms with Crippen LogP contribution >= 0.6 is 0 Å². The van der Waals surface area contributed by atoms with Gasteiger partial charge in [0.15, 0.2) is 0 Å². The molecule has 82 valence electrons. The van der Waals surface area contributed by atoms with Crippen LogP contribution in [-0.2, 0) is 9.47 Å². The van der Waals surface area contributed by atoms with Crippen LogP contribution < -0.4 is 0 Å². The van der Waals surface area contributed by atoms with E-state index < -0.39 is 35.0 Å². The molecule has 0 amide bonds. The lowest BCUT2D eigenvalue weighted by molar-refractivity contribution is 0.0527. The second-order valence-corrected chi connectivity index (χ2v) is 2.44. The minimum atomic E-state index is -1.02. The highest BCUT2D eigenvalue weighted by molar-refractivity contribution is 5.96. The number of hydrogen-bond donors (Lipinski definition) is 2. The minimum Gasteiger partial charge on any atom is -0.501 e. The summed E-state index contributed by atoms with van der Waals surface area (Å²) < 4.78 is 13.1. The molecule has 0 saturated carbocycles. The first kappa shape index (κ1) is 10.9. The molecule has 0 radical (unpaired) electrons. The summed E-state index contributed by atoms with van der Waals surface area (Å²) in [5.41, 5.74) is 0. The van der Waals surface area contributed by atoms with Gasteiger partial charge in [0.2, 0.25) is 11.5 Å². The van der Waals surface area contributed by atoms with Crippen molar-refractivity contribution in [2.24, 2.45) is 0 Å². The lowest BCUT2D eigenvalue weighted by atomic mass is 10.3. The average Bonchev–Trinajstić information content (AvgIpc) is 2.54. The molecule has 0 aromatic carbocycles. The van der Waals surface area contributed by atoms with Gasteiger partial charge in [0.25, 0.3) is 11.5 Å². The number of aromatic hydroxyl groups is 2. The van der Waals surface area contributed by atoms with Crippen molar-refractivity contribution < 1.29 is 33.7 Å². The van der Waals surface area contributed by atoms with Crippen molar-refractivity contribution in [3.05, 3.63) is 11.5 Å². The summed E-state index contributed by atoms with van der Waals surface area (Å²) in [7, 11) is 2.11. The molecule has 0 saturated heterocycles. The number of ether oxygens (including phenoxy) is 2. The predicted molar refractivity (Wildman–Crippen MR) is 44.7 cm³/mol. The highest BCUT2D eigenvalue weighted by Gasteiger charge is 2.29. The van der Waals surface area contributed by atoms with Crippen molar-refractivity contribution >= 4 is 11.9 Å². The summed E-state index contributed by atoms with van der Waals surface area (Å²) in [5, 5.41) is 18.4. The van der Waals surface area contributed by atoms with Crippen LogP contribution in [0.1, 0.15) is 21.1 Å². The van der Waals surface area contributed by atoms with E-state index in [1.54, 1.807) is 0 Å². The Morgan fingerprint density at radius 3 is 1.60 bits per heavy atom. The van der Waals surface area contributed by atoms with Crippen LogP contribution in [0, 0.1) is 0 Å². The van der Waals surface area contributed by atoms with Gasteiger partial charge >= 0.3 is 11.9 Å². The van der Waals surface area contributed by atoms with Gasteiger partial charge in [0, 0.05) is 0 Å². The topological polar surface area (TPSA) is 106 Å². The van der Waals surface area contributed by atoms with Crippen LogP contribution in [0.4, 0.5) is 0 Å². The first-order chi connectivity index (χ1) is 7.02. The standard InChI is InChI=1S/C8H8O7/c1-13-7(11)5-3(9)4(10)6(15-5)8(12)14-2/h9-10H,1-2H3. The Morgan fingerprint density at radius 1 is 1.00 bits per heavy atom. The second kappa shape index (κ2) is 3.91. The number of hydrogen-bond acceptors (Lipinski definition) is 7. The van der Waals surface area contributed by atoms with Gasteiger partial charge in [0.05, 0.1) is 14.2 Å². The van der Waals surface area contributed by atoms with Crippen LogP contribution in [0.25, 0.3) is 0 Å². The molecule has 7 nitrogen and oxygen atoms in total. The fourth-order valence-corrected chi connectivity index (χ4v) is 0.876. The van der Waals surface area contributed by atoms with Gasteiger partial charge in [-0.05, 0) is 0 Å². The Morgan fingerprint density at radius 2 is 1.33 bits per heavy atom. The third-order valence-electron chi connectivity index (χ3n) is 1.60. The van der Waals surface area contributed by atoms with Crippen LogP contribution in [0.3, 0.4) is 0 Å². The van der Waals surface area contributed by atoms with E-state index in [1.165, 1.54) is 0 Å². The van der Waals surface area contributed by atoms with Gasteiger partial charge in [-0.25, -0.2) is 9.59 Å². The summed E-state index contributed by atoms with van der Waals surface area (Å²) >= 11 is 0. The third-order valence-corrected chi connectivity index (χ3v) is 1.60. The molecule has 0 fully saturated rings. The molecule has 0 bridgehead atoms. The third kappa shape index (κ3) is 1.71. The number of rotatable bonds is 2. The van der Waals surface area contributed by atoms with Gasteiger partial charge < -0.3 is 24.1 Å². The van der Waals surface area contributed by atoms with E-state index in [1.807, 2.05) is 0 Å². The van der Waals surface area contributed by atoms with Crippen LogP contribution in [0.2, 0.25) is 0 Å². The number of esters is 2. The SMILES string of the molecule is COC(=O)c1oc(C(=O)OC)c(O)c1O. The number of carbonyl (C=O) groups is 2. The fourth-order valence-electron chi connectivity index (χ4n) is 0.876. The molecule has 0 atom stereocenters. The molecule has 0 spiro atoms. The molecule has 2 N–H and O–H groups in total. The van der Waals surface area contributed by atoms with E-state index in [-0.39, 0.29) is 0 Å². The summed E-state index contributed by atoms with van der Waals surface area (Å²) in [5.74, 6) is -5.06. The maximum absolute atomic E-state index is 11.0. The Kier molecular flexibility index (Phi) is 2.84. The molecule has 15 heavy (non-hydrogen) atoms. The van der Waals surface area contributed by atoms with Crippen molar-refractivity contribution in [1.82, 2.24) is 0 Å². The summed E-state index contributed by atoms with van der Waals surface area (Å²) in [6.07, 6.45) is 0. The highest BCUT2D eigenvalue weighted by atomic mass is 16.6. The van der Waals surface area contributed by atoms with Gasteiger partial charge in [0.1, 0.15) is 0 Å². The first-order valence-corrected chi connectivity index (χ1v) is 3.74. The largest absolute Gasteiger partial charge is 0.501 e. The zero-order valence-electron chi connectivity index (χ0n) is 7.94. The van der Waals surface area contributed by atoms with Crippen molar-refractivity contribution in [3.8, 4) is 11.5 Å². The summed E-state index contributed by atoms with van der Waals surface area (Å²) in [6.45, 7) is 0. The molecule has 0 aliphatic carbocycles. The highest BCUT2D eigenvalue weighted by Crippen LogP contribution is 2.36. The van der Waals surface area contributed by atoms with Crippen LogP contribution in [0.15, 0.2) is 4.42 Å². The first-order valence-electron chi connectivity index (χ1n) is 3.74. The molecule has 0 aliphatic rings. The number of furan rings is 1. The molecular weight excluding hydrogens is 208 g/mol. The Hall–Kier alpha value is -2.18. The van der Waals surface area contributed by atoms with E-state index in [9.17, 15) is 19.8 Å². The van der Waals surface area contributed by atoms with Crippen LogP contribution in [0.5, 0.6) is 11.5 Å². The molecule has 0 aliphatic heterocycles. The molecule has 7 heteroatoms. The maximum Gasteiger partial charge on any atom is 0.378 e. The van der Waals surface area contributed by atoms with E-state index in [0.717, 1.165) is 14.2 Å². The van der Waals surface area contributed by atoms with E-state index >= 15 is 0 Å². The normalized spacial score (nSPS) is 9.73. The molecular formula is C8H8O7. The number of methoxy groups -OCH3 is 2. The van der Waals surface area contributed by atoms with Gasteiger partial charge in [-0.15, -0.1) is 0 Å². The monoisotopic (exact) mass is 216 g/mol. The lowest BCUT2D eigenvalue weighted by Crippen LogP contribution is -2.01. The van der Waals surface area contributed by atoms with Gasteiger partial charge in [-0.1, -0.05) is 0 Å². The molecule has 0 unspecified atom stereocenters. The predicted octanol–water partition coefficient (Wildman–Crippen LogP) is 0.264. The van der Waals surface area contributed by atoms with E-state index in [4.69, 9.17) is 0 Å². The lowest BCUT2D eigenvalue weighted by Gasteiger charge is -1.93. The van der Waals surface area contributed by atoms with Gasteiger partial charge in [-0.3, -0.25) is 0 Å². The summed E-state index contributed by atoms with van der Waals surface area (Å²) in [4.78, 5) is 21.9. The number of carbonyl (C=O) groups excluding carboxylic acids is 2. The van der Waals surface area contributed by atoms with Gasteiger partial charge in [-0.2, -0.15) is 0 Å². The Bertz CT molecular complexity index is 367. The van der Waals surface area contributed by atoms with Crippen molar-refractivity contribution in [1.29, 1.82) is 0 Å². The summed E-state index contributed by atoms with van der Waals surface area (Å²) in [6, 6.07) is 0. The van der Waals surface area contributed by atoms with E-state index in [2.05, 4.69) is 13.9 Å². The fraction of sp³-hybridized carbons (Fsp3) is 0.250. The molecule has 1 rings (SSSR count).